The summed E-state index contributed by atoms with van der Waals surface area (Å²) < 4.78 is 14.1. The molecule has 7 rings (SSSR count). The number of hydrogen-bond donors (Lipinski definition) is 1. The molecule has 3 aromatic heterocycles. The van der Waals surface area contributed by atoms with Crippen LogP contribution in [-0.4, -0.2) is 27.6 Å². The van der Waals surface area contributed by atoms with Crippen LogP contribution in [0.1, 0.15) is 97.3 Å². The molecule has 0 spiro atoms. The van der Waals surface area contributed by atoms with Crippen molar-refractivity contribution in [3.05, 3.63) is 81.9 Å². The van der Waals surface area contributed by atoms with Crippen LogP contribution in [0.25, 0.3) is 22.7 Å². The number of fused-ring (bicyclic) bond motifs is 6. The Morgan fingerprint density at radius 3 is 2.80 bits per heavy atom. The van der Waals surface area contributed by atoms with Gasteiger partial charge in [-0.3, -0.25) is 4.98 Å². The molecule has 0 bridgehead atoms. The van der Waals surface area contributed by atoms with Crippen molar-refractivity contribution < 1.29 is 14.3 Å². The fourth-order valence-corrected chi connectivity index (χ4v) is 7.53. The Bertz CT molecular complexity index is 1690. The standard InChI is InChI=1S/C34H37N3O3/c1-21-8-6-12-25-31(21)29-16-26-30(40-20-22-9-7-15-35-17-22)14-13-24(23-10-4-3-5-11-23)33(26)37(29)19-28-27(34(38)39-2)18-36-32(25)28/h7,9,13-19,21,23,31,36H,3-6,8,10-12,20H2,1-2H3/t21?,31-/m0/s1. The lowest BCUT2D eigenvalue weighted by Gasteiger charge is -2.31. The Hall–Kier alpha value is -3.80. The zero-order valence-electron chi connectivity index (χ0n) is 23.4. The maximum absolute atomic E-state index is 12.9. The first-order valence-corrected chi connectivity index (χ1v) is 14.8. The molecule has 0 saturated heterocycles. The second-order valence-electron chi connectivity index (χ2n) is 11.8. The molecule has 0 amide bonds. The number of nitrogens with one attached hydrogen (secondary N) is 1. The van der Waals surface area contributed by atoms with Gasteiger partial charge < -0.3 is 19.0 Å². The van der Waals surface area contributed by atoms with Crippen molar-refractivity contribution in [3.8, 4) is 5.75 Å². The van der Waals surface area contributed by atoms with Gasteiger partial charge in [0.15, 0.2) is 0 Å². The van der Waals surface area contributed by atoms with Crippen LogP contribution >= 0.6 is 0 Å². The number of rotatable bonds is 5. The SMILES string of the molecule is COC(=O)c1c[nH]c2c1=Cn1c(cc3c(OCc4cccnc4)ccc(C4CCCCC4)c31)[C@@H]1C=2CCCC1C. The quantitative estimate of drug-likeness (QED) is 0.312. The molecule has 0 radical (unpaired) electrons. The summed E-state index contributed by atoms with van der Waals surface area (Å²) in [6.45, 7) is 2.85. The second kappa shape index (κ2) is 10.3. The van der Waals surface area contributed by atoms with Gasteiger partial charge in [-0.1, -0.05) is 38.3 Å². The number of carbonyl (C=O) groups is 1. The Labute approximate surface area is 234 Å². The molecule has 3 aliphatic rings. The third-order valence-corrected chi connectivity index (χ3v) is 9.46. The van der Waals surface area contributed by atoms with Crippen LogP contribution in [0.2, 0.25) is 0 Å². The number of pyridine rings is 1. The minimum atomic E-state index is -0.303. The molecule has 40 heavy (non-hydrogen) atoms. The lowest BCUT2D eigenvalue weighted by molar-refractivity contribution is 0.0599. The van der Waals surface area contributed by atoms with E-state index in [0.29, 0.717) is 24.0 Å². The molecule has 1 aromatic carbocycles. The molecule has 1 N–H and O–H groups in total. The zero-order valence-corrected chi connectivity index (χ0v) is 23.4. The predicted molar refractivity (Wildman–Crippen MR) is 157 cm³/mol. The van der Waals surface area contributed by atoms with Gasteiger partial charge in [-0.2, -0.15) is 0 Å². The van der Waals surface area contributed by atoms with Crippen LogP contribution in [0.5, 0.6) is 5.75 Å². The number of hydrogen-bond acceptors (Lipinski definition) is 4. The Balaban J connectivity index is 1.49. The maximum atomic E-state index is 12.9. The van der Waals surface area contributed by atoms with Gasteiger partial charge in [0, 0.05) is 57.9 Å². The van der Waals surface area contributed by atoms with Gasteiger partial charge >= 0.3 is 5.97 Å². The van der Waals surface area contributed by atoms with Crippen molar-refractivity contribution in [1.29, 1.82) is 0 Å². The molecule has 6 nitrogen and oxygen atoms in total. The predicted octanol–water partition coefficient (Wildman–Crippen LogP) is 6.13. The lowest BCUT2D eigenvalue weighted by Crippen LogP contribution is -2.32. The molecular weight excluding hydrogens is 498 g/mol. The molecule has 4 aromatic rings. The molecule has 2 atom stereocenters. The number of H-pyrrole nitrogens is 1. The summed E-state index contributed by atoms with van der Waals surface area (Å²) >= 11 is 0. The largest absolute Gasteiger partial charge is 0.488 e. The highest BCUT2D eigenvalue weighted by Crippen LogP contribution is 2.47. The van der Waals surface area contributed by atoms with Gasteiger partial charge in [0.25, 0.3) is 0 Å². The Morgan fingerprint density at radius 2 is 2.00 bits per heavy atom. The number of nitrogens with zero attached hydrogens (tertiary/aromatic N) is 2. The van der Waals surface area contributed by atoms with Gasteiger partial charge in [-0.25, -0.2) is 4.79 Å². The average molecular weight is 536 g/mol. The highest BCUT2D eigenvalue weighted by molar-refractivity contribution is 5.94. The number of aromatic amines is 1. The minimum absolute atomic E-state index is 0.271. The summed E-state index contributed by atoms with van der Waals surface area (Å²) in [5, 5.41) is 3.19. The van der Waals surface area contributed by atoms with Crippen LogP contribution in [0, 0.1) is 5.92 Å². The van der Waals surface area contributed by atoms with Crippen LogP contribution < -0.4 is 15.3 Å². The van der Waals surface area contributed by atoms with Crippen LogP contribution in [0.3, 0.4) is 0 Å². The van der Waals surface area contributed by atoms with Gasteiger partial charge in [0.1, 0.15) is 12.4 Å². The first-order chi connectivity index (χ1) is 19.6. The summed E-state index contributed by atoms with van der Waals surface area (Å²) in [5.74, 6) is 1.89. The van der Waals surface area contributed by atoms with Crippen molar-refractivity contribution in [2.75, 3.05) is 7.11 Å². The van der Waals surface area contributed by atoms with E-state index in [1.54, 1.807) is 6.20 Å². The average Bonchev–Trinajstić information content (AvgIpc) is 3.55. The zero-order chi connectivity index (χ0) is 27.2. The van der Waals surface area contributed by atoms with E-state index in [-0.39, 0.29) is 11.9 Å². The highest BCUT2D eigenvalue weighted by Gasteiger charge is 2.34. The maximum Gasteiger partial charge on any atom is 0.340 e. The minimum Gasteiger partial charge on any atom is -0.488 e. The highest BCUT2D eigenvalue weighted by atomic mass is 16.5. The molecule has 2 saturated carbocycles. The molecule has 1 unspecified atom stereocenters. The number of methoxy groups -OCH3 is 1. The number of benzene rings is 1. The van der Waals surface area contributed by atoms with E-state index in [0.717, 1.165) is 40.1 Å². The number of aromatic nitrogens is 3. The summed E-state index contributed by atoms with van der Waals surface area (Å²) in [5.41, 5.74) is 6.98. The van der Waals surface area contributed by atoms with Gasteiger partial charge in [0.05, 0.1) is 18.2 Å². The topological polar surface area (TPSA) is 69.1 Å². The molecule has 206 valence electrons. The first-order valence-electron chi connectivity index (χ1n) is 14.8. The summed E-state index contributed by atoms with van der Waals surface area (Å²) in [4.78, 5) is 20.6. The normalized spacial score (nSPS) is 20.7. The Kier molecular flexibility index (Phi) is 6.49. The van der Waals surface area contributed by atoms with Gasteiger partial charge in [-0.15, -0.1) is 0 Å². The van der Waals surface area contributed by atoms with Crippen molar-refractivity contribution in [3.63, 3.8) is 0 Å². The number of ether oxygens (including phenoxy) is 2. The molecule has 2 fully saturated rings. The third kappa shape index (κ3) is 4.16. The van der Waals surface area contributed by atoms with E-state index in [9.17, 15) is 4.79 Å². The Morgan fingerprint density at radius 1 is 1.12 bits per heavy atom. The summed E-state index contributed by atoms with van der Waals surface area (Å²) in [7, 11) is 1.46. The van der Waals surface area contributed by atoms with Crippen molar-refractivity contribution in [1.82, 2.24) is 14.5 Å². The van der Waals surface area contributed by atoms with E-state index in [1.165, 1.54) is 68.0 Å². The van der Waals surface area contributed by atoms with Crippen LogP contribution in [0.4, 0.5) is 0 Å². The molecule has 4 heterocycles. The number of carbonyl (C=O) groups excluding carboxylic acids is 1. The summed E-state index contributed by atoms with van der Waals surface area (Å²) in [6.07, 6.45) is 17.3. The van der Waals surface area contributed by atoms with Crippen LogP contribution in [0.15, 0.2) is 48.9 Å². The number of esters is 1. The summed E-state index contributed by atoms with van der Waals surface area (Å²) in [6, 6.07) is 10.9. The van der Waals surface area contributed by atoms with E-state index >= 15 is 0 Å². The fourth-order valence-electron chi connectivity index (χ4n) is 7.53. The van der Waals surface area contributed by atoms with Crippen molar-refractivity contribution in [2.24, 2.45) is 5.92 Å². The van der Waals surface area contributed by atoms with Gasteiger partial charge in [-0.05, 0) is 73.3 Å². The van der Waals surface area contributed by atoms with E-state index in [4.69, 9.17) is 9.47 Å². The fraction of sp³-hybridized carbons (Fsp3) is 0.412. The molecule has 6 heteroatoms. The molecule has 2 aliphatic carbocycles. The van der Waals surface area contributed by atoms with E-state index < -0.39 is 0 Å². The van der Waals surface area contributed by atoms with Gasteiger partial charge in [0.2, 0.25) is 0 Å². The van der Waals surface area contributed by atoms with Crippen molar-refractivity contribution >= 4 is 28.6 Å². The smallest absolute Gasteiger partial charge is 0.340 e. The second-order valence-corrected chi connectivity index (χ2v) is 11.8. The monoisotopic (exact) mass is 535 g/mol. The van der Waals surface area contributed by atoms with E-state index in [1.807, 2.05) is 18.5 Å². The molecule has 1 aliphatic heterocycles. The molecular formula is C34H37N3O3. The van der Waals surface area contributed by atoms with E-state index in [2.05, 4.69) is 51.9 Å². The van der Waals surface area contributed by atoms with Crippen LogP contribution in [-0.2, 0) is 11.3 Å². The van der Waals surface area contributed by atoms with Crippen molar-refractivity contribution in [2.45, 2.75) is 76.7 Å². The first kappa shape index (κ1) is 25.2. The third-order valence-electron chi connectivity index (χ3n) is 9.46. The lowest BCUT2D eigenvalue weighted by atomic mass is 9.75.